The highest BCUT2D eigenvalue weighted by Gasteiger charge is 2.05. The van der Waals surface area contributed by atoms with Crippen molar-refractivity contribution < 1.29 is 13.9 Å². The zero-order chi connectivity index (χ0) is 15.1. The Kier molecular flexibility index (Phi) is 6.10. The third-order valence-corrected chi connectivity index (χ3v) is 3.34. The molecule has 2 aromatic rings. The van der Waals surface area contributed by atoms with Crippen LogP contribution in [0, 0.1) is 5.82 Å². The maximum Gasteiger partial charge on any atom is 0.219 e. The number of hydrogen-bond donors (Lipinski definition) is 1. The first-order valence-corrected chi connectivity index (χ1v) is 7.26. The minimum atomic E-state index is -0.320. The average molecular weight is 355 g/mol. The molecule has 6 heteroatoms. The fourth-order valence-corrected chi connectivity index (χ4v) is 2.09. The molecule has 0 aliphatic rings. The van der Waals surface area contributed by atoms with Gasteiger partial charge in [-0.1, -0.05) is 6.07 Å². The van der Waals surface area contributed by atoms with E-state index in [1.807, 2.05) is 6.07 Å². The van der Waals surface area contributed by atoms with E-state index in [1.165, 1.54) is 12.1 Å². The van der Waals surface area contributed by atoms with E-state index in [0.29, 0.717) is 22.7 Å². The van der Waals surface area contributed by atoms with Gasteiger partial charge >= 0.3 is 0 Å². The van der Waals surface area contributed by atoms with Gasteiger partial charge in [-0.05, 0) is 39.7 Å². The molecule has 0 spiro atoms. The summed E-state index contributed by atoms with van der Waals surface area (Å²) in [5, 5.41) is 3.23. The van der Waals surface area contributed by atoms with E-state index in [0.717, 1.165) is 18.7 Å². The monoisotopic (exact) mass is 354 g/mol. The van der Waals surface area contributed by atoms with Crippen LogP contribution in [0.1, 0.15) is 5.56 Å². The standard InChI is InChI=1S/C15H16BrFN2O2/c1-20-7-6-18-9-11-2-5-15(19-10-11)21-14-4-3-12(17)8-13(14)16/h2-5,8,10,18H,6-7,9H2,1H3. The first-order chi connectivity index (χ1) is 10.2. The summed E-state index contributed by atoms with van der Waals surface area (Å²) in [6, 6.07) is 7.96. The Bertz CT molecular complexity index is 578. The van der Waals surface area contributed by atoms with Crippen molar-refractivity contribution in [2.24, 2.45) is 0 Å². The predicted octanol–water partition coefficient (Wildman–Crippen LogP) is 3.51. The number of pyridine rings is 1. The molecule has 2 rings (SSSR count). The zero-order valence-electron chi connectivity index (χ0n) is 11.6. The van der Waals surface area contributed by atoms with Crippen LogP contribution in [0.5, 0.6) is 11.6 Å². The molecule has 21 heavy (non-hydrogen) atoms. The highest BCUT2D eigenvalue weighted by molar-refractivity contribution is 9.10. The molecule has 0 unspecified atom stereocenters. The van der Waals surface area contributed by atoms with E-state index in [1.54, 1.807) is 25.4 Å². The van der Waals surface area contributed by atoms with Crippen LogP contribution in [0.2, 0.25) is 0 Å². The number of rotatable bonds is 7. The van der Waals surface area contributed by atoms with Crippen LogP contribution in [0.4, 0.5) is 4.39 Å². The van der Waals surface area contributed by atoms with Gasteiger partial charge in [-0.2, -0.15) is 0 Å². The number of ether oxygens (including phenoxy) is 2. The van der Waals surface area contributed by atoms with Crippen LogP contribution < -0.4 is 10.1 Å². The van der Waals surface area contributed by atoms with Crippen molar-refractivity contribution >= 4 is 15.9 Å². The Morgan fingerprint density at radius 1 is 1.29 bits per heavy atom. The van der Waals surface area contributed by atoms with Crippen LogP contribution in [0.3, 0.4) is 0 Å². The molecule has 0 bridgehead atoms. The summed E-state index contributed by atoms with van der Waals surface area (Å²) in [7, 11) is 1.67. The quantitative estimate of drug-likeness (QED) is 0.772. The molecule has 4 nitrogen and oxygen atoms in total. The molecule has 0 saturated carbocycles. The molecule has 0 aliphatic heterocycles. The van der Waals surface area contributed by atoms with Gasteiger partial charge in [0.15, 0.2) is 0 Å². The first kappa shape index (κ1) is 15.9. The SMILES string of the molecule is COCCNCc1ccc(Oc2ccc(F)cc2Br)nc1. The van der Waals surface area contributed by atoms with Crippen molar-refractivity contribution in [3.8, 4) is 11.6 Å². The number of benzene rings is 1. The molecule has 1 aromatic heterocycles. The second-order valence-electron chi connectivity index (χ2n) is 4.35. The molecule has 1 N–H and O–H groups in total. The molecule has 112 valence electrons. The van der Waals surface area contributed by atoms with Gasteiger partial charge < -0.3 is 14.8 Å². The Hall–Kier alpha value is -1.50. The summed E-state index contributed by atoms with van der Waals surface area (Å²) in [5.41, 5.74) is 1.05. The smallest absolute Gasteiger partial charge is 0.219 e. The molecule has 0 radical (unpaired) electrons. The lowest BCUT2D eigenvalue weighted by atomic mass is 10.3. The number of hydrogen-bond acceptors (Lipinski definition) is 4. The van der Waals surface area contributed by atoms with Crippen molar-refractivity contribution in [3.63, 3.8) is 0 Å². The molecular weight excluding hydrogens is 339 g/mol. The summed E-state index contributed by atoms with van der Waals surface area (Å²) < 4.78 is 24.1. The number of methoxy groups -OCH3 is 1. The Morgan fingerprint density at radius 2 is 2.14 bits per heavy atom. The van der Waals surface area contributed by atoms with Crippen LogP contribution in [-0.2, 0) is 11.3 Å². The summed E-state index contributed by atoms with van der Waals surface area (Å²) in [6.45, 7) is 2.18. The van der Waals surface area contributed by atoms with Gasteiger partial charge in [-0.15, -0.1) is 0 Å². The van der Waals surface area contributed by atoms with Crippen molar-refractivity contribution in [2.75, 3.05) is 20.3 Å². The molecule has 1 heterocycles. The Labute approximate surface area is 131 Å². The van der Waals surface area contributed by atoms with Crippen molar-refractivity contribution in [1.29, 1.82) is 0 Å². The fourth-order valence-electron chi connectivity index (χ4n) is 1.65. The second kappa shape index (κ2) is 8.07. The minimum Gasteiger partial charge on any atom is -0.438 e. The lowest BCUT2D eigenvalue weighted by molar-refractivity contribution is 0.199. The normalized spacial score (nSPS) is 10.6. The summed E-state index contributed by atoms with van der Waals surface area (Å²) >= 11 is 3.25. The van der Waals surface area contributed by atoms with Crippen molar-refractivity contribution in [2.45, 2.75) is 6.54 Å². The van der Waals surface area contributed by atoms with Crippen LogP contribution in [0.15, 0.2) is 41.0 Å². The summed E-state index contributed by atoms with van der Waals surface area (Å²) in [6.07, 6.45) is 1.74. The van der Waals surface area contributed by atoms with E-state index in [4.69, 9.17) is 9.47 Å². The summed E-state index contributed by atoms with van der Waals surface area (Å²) in [5.74, 6) is 0.664. The van der Waals surface area contributed by atoms with E-state index < -0.39 is 0 Å². The number of nitrogens with one attached hydrogen (secondary N) is 1. The fraction of sp³-hybridized carbons (Fsp3) is 0.267. The van der Waals surface area contributed by atoms with Gasteiger partial charge in [0.25, 0.3) is 0 Å². The van der Waals surface area contributed by atoms with Gasteiger partial charge in [0.2, 0.25) is 5.88 Å². The second-order valence-corrected chi connectivity index (χ2v) is 5.21. The molecule has 0 atom stereocenters. The molecular formula is C15H16BrFN2O2. The first-order valence-electron chi connectivity index (χ1n) is 6.46. The van der Waals surface area contributed by atoms with Gasteiger partial charge in [-0.3, -0.25) is 0 Å². The van der Waals surface area contributed by atoms with E-state index in [2.05, 4.69) is 26.2 Å². The molecule has 0 aliphatic carbocycles. The minimum absolute atomic E-state index is 0.320. The van der Waals surface area contributed by atoms with E-state index in [-0.39, 0.29) is 5.82 Å². The number of nitrogens with zero attached hydrogens (tertiary/aromatic N) is 1. The third-order valence-electron chi connectivity index (χ3n) is 2.72. The predicted molar refractivity (Wildman–Crippen MR) is 82.0 cm³/mol. The van der Waals surface area contributed by atoms with Gasteiger partial charge in [0, 0.05) is 32.5 Å². The highest BCUT2D eigenvalue weighted by atomic mass is 79.9. The van der Waals surface area contributed by atoms with Gasteiger partial charge in [0.1, 0.15) is 11.6 Å². The Morgan fingerprint density at radius 3 is 2.81 bits per heavy atom. The van der Waals surface area contributed by atoms with E-state index in [9.17, 15) is 4.39 Å². The van der Waals surface area contributed by atoms with Crippen LogP contribution >= 0.6 is 15.9 Å². The maximum absolute atomic E-state index is 13.0. The third kappa shape index (κ3) is 5.08. The van der Waals surface area contributed by atoms with Crippen molar-refractivity contribution in [1.82, 2.24) is 10.3 Å². The van der Waals surface area contributed by atoms with Crippen molar-refractivity contribution in [3.05, 3.63) is 52.4 Å². The average Bonchev–Trinajstić information content (AvgIpc) is 2.48. The topological polar surface area (TPSA) is 43.4 Å². The largest absolute Gasteiger partial charge is 0.438 e. The Balaban J connectivity index is 1.92. The highest BCUT2D eigenvalue weighted by Crippen LogP contribution is 2.29. The number of halogens is 2. The van der Waals surface area contributed by atoms with Crippen LogP contribution in [-0.4, -0.2) is 25.2 Å². The maximum atomic E-state index is 13.0. The van der Waals surface area contributed by atoms with E-state index >= 15 is 0 Å². The number of aromatic nitrogens is 1. The lowest BCUT2D eigenvalue weighted by Crippen LogP contribution is -2.18. The summed E-state index contributed by atoms with van der Waals surface area (Å²) in [4.78, 5) is 4.23. The molecule has 0 saturated heterocycles. The van der Waals surface area contributed by atoms with Gasteiger partial charge in [-0.25, -0.2) is 9.37 Å². The van der Waals surface area contributed by atoms with Gasteiger partial charge in [0.05, 0.1) is 11.1 Å². The molecule has 0 fully saturated rings. The molecule has 1 aromatic carbocycles. The molecule has 0 amide bonds. The zero-order valence-corrected chi connectivity index (χ0v) is 13.2. The lowest BCUT2D eigenvalue weighted by Gasteiger charge is -2.08. The van der Waals surface area contributed by atoms with Crippen LogP contribution in [0.25, 0.3) is 0 Å².